The Balaban J connectivity index is 1.84. The third-order valence-corrected chi connectivity index (χ3v) is 4.05. The molecule has 1 aromatic carbocycles. The van der Waals surface area contributed by atoms with Gasteiger partial charge in [0.05, 0.1) is 5.69 Å². The lowest BCUT2D eigenvalue weighted by Crippen LogP contribution is -2.10. The Morgan fingerprint density at radius 2 is 1.76 bits per heavy atom. The normalized spacial score (nSPS) is 12.2. The van der Waals surface area contributed by atoms with Crippen molar-refractivity contribution in [2.45, 2.75) is 46.5 Å². The highest BCUT2D eigenvalue weighted by atomic mass is 16.3. The van der Waals surface area contributed by atoms with Crippen molar-refractivity contribution in [3.8, 4) is 11.3 Å². The number of hydrogen-bond donors (Lipinski definition) is 1. The van der Waals surface area contributed by atoms with Gasteiger partial charge in [0.15, 0.2) is 5.78 Å². The highest BCUT2D eigenvalue weighted by Gasteiger charge is 2.16. The maximum absolute atomic E-state index is 11.9. The summed E-state index contributed by atoms with van der Waals surface area (Å²) in [7, 11) is 0. The van der Waals surface area contributed by atoms with E-state index >= 15 is 0 Å². The fourth-order valence-corrected chi connectivity index (χ4v) is 2.44. The number of aliphatic hydroxyl groups is 1. The average molecular weight is 337 g/mol. The van der Waals surface area contributed by atoms with Gasteiger partial charge in [-0.05, 0) is 31.4 Å². The van der Waals surface area contributed by atoms with E-state index < -0.39 is 0 Å². The van der Waals surface area contributed by atoms with Gasteiger partial charge in [0, 0.05) is 29.2 Å². The summed E-state index contributed by atoms with van der Waals surface area (Å²) in [6.07, 6.45) is 4.38. The van der Waals surface area contributed by atoms with E-state index in [2.05, 4.69) is 12.1 Å². The van der Waals surface area contributed by atoms with Crippen molar-refractivity contribution in [3.05, 3.63) is 66.1 Å². The molecule has 1 aromatic heterocycles. The number of ketones is 1. The number of aryl methyl sites for hydroxylation is 1. The molecule has 0 saturated heterocycles. The molecular weight excluding hydrogens is 310 g/mol. The zero-order valence-electron chi connectivity index (χ0n) is 15.3. The summed E-state index contributed by atoms with van der Waals surface area (Å²) < 4.78 is 0. The molecule has 1 N–H and O–H groups in total. The van der Waals surface area contributed by atoms with Crippen LogP contribution < -0.4 is 0 Å². The summed E-state index contributed by atoms with van der Waals surface area (Å²) in [4.78, 5) is 16.6. The first-order chi connectivity index (χ1) is 11.9. The fraction of sp³-hybridized carbons (Fsp3) is 0.364. The van der Waals surface area contributed by atoms with Crippen LogP contribution in [-0.4, -0.2) is 15.9 Å². The van der Waals surface area contributed by atoms with Crippen LogP contribution in [0.25, 0.3) is 11.3 Å². The SMILES string of the molecule is CC(C)(C)C(O)=CC(=O)CCCCc1cccc(-c2ccccc2)n1. The van der Waals surface area contributed by atoms with Gasteiger partial charge >= 0.3 is 0 Å². The van der Waals surface area contributed by atoms with Crippen molar-refractivity contribution < 1.29 is 9.90 Å². The third-order valence-electron chi connectivity index (χ3n) is 4.05. The number of aromatic nitrogens is 1. The summed E-state index contributed by atoms with van der Waals surface area (Å²) in [6, 6.07) is 16.2. The lowest BCUT2D eigenvalue weighted by Gasteiger charge is -2.16. The van der Waals surface area contributed by atoms with E-state index in [1.54, 1.807) is 0 Å². The van der Waals surface area contributed by atoms with Crippen molar-refractivity contribution in [3.63, 3.8) is 0 Å². The highest BCUT2D eigenvalue weighted by molar-refractivity contribution is 5.90. The van der Waals surface area contributed by atoms with Gasteiger partial charge in [-0.1, -0.05) is 57.2 Å². The number of nitrogens with zero attached hydrogens (tertiary/aromatic N) is 1. The van der Waals surface area contributed by atoms with Gasteiger partial charge in [-0.3, -0.25) is 9.78 Å². The lowest BCUT2D eigenvalue weighted by molar-refractivity contribution is -0.114. The molecule has 0 spiro atoms. The Kier molecular flexibility index (Phi) is 6.51. The molecule has 1 heterocycles. The summed E-state index contributed by atoms with van der Waals surface area (Å²) in [5, 5.41) is 9.86. The molecule has 2 rings (SSSR count). The molecule has 0 aliphatic heterocycles. The van der Waals surface area contributed by atoms with Crippen molar-refractivity contribution in [2.24, 2.45) is 5.41 Å². The van der Waals surface area contributed by atoms with Crippen LogP contribution >= 0.6 is 0 Å². The molecule has 25 heavy (non-hydrogen) atoms. The molecule has 132 valence electrons. The van der Waals surface area contributed by atoms with Crippen LogP contribution in [0.1, 0.15) is 45.7 Å². The third kappa shape index (κ3) is 6.18. The number of pyridine rings is 1. The lowest BCUT2D eigenvalue weighted by atomic mass is 9.92. The number of rotatable bonds is 7. The van der Waals surface area contributed by atoms with Gasteiger partial charge in [0.25, 0.3) is 0 Å². The minimum Gasteiger partial charge on any atom is -0.512 e. The van der Waals surface area contributed by atoms with Crippen molar-refractivity contribution in [1.29, 1.82) is 0 Å². The molecule has 0 bridgehead atoms. The Hall–Kier alpha value is -2.42. The van der Waals surface area contributed by atoms with Gasteiger partial charge in [-0.15, -0.1) is 0 Å². The van der Waals surface area contributed by atoms with E-state index in [0.717, 1.165) is 36.2 Å². The van der Waals surface area contributed by atoms with Crippen LogP contribution in [0, 0.1) is 5.41 Å². The van der Waals surface area contributed by atoms with Crippen molar-refractivity contribution >= 4 is 5.78 Å². The van der Waals surface area contributed by atoms with Crippen LogP contribution in [0.3, 0.4) is 0 Å². The first-order valence-corrected chi connectivity index (χ1v) is 8.81. The van der Waals surface area contributed by atoms with Crippen molar-refractivity contribution in [2.75, 3.05) is 0 Å². The number of benzene rings is 1. The molecule has 0 aliphatic carbocycles. The Morgan fingerprint density at radius 1 is 1.04 bits per heavy atom. The zero-order chi connectivity index (χ0) is 18.3. The monoisotopic (exact) mass is 337 g/mol. The zero-order valence-corrected chi connectivity index (χ0v) is 15.3. The maximum atomic E-state index is 11.9. The van der Waals surface area contributed by atoms with Crippen LogP contribution in [0.2, 0.25) is 0 Å². The fourth-order valence-electron chi connectivity index (χ4n) is 2.44. The van der Waals surface area contributed by atoms with Crippen LogP contribution in [0.15, 0.2) is 60.4 Å². The minimum atomic E-state index is -0.378. The van der Waals surface area contributed by atoms with E-state index in [1.165, 1.54) is 6.08 Å². The largest absolute Gasteiger partial charge is 0.512 e. The van der Waals surface area contributed by atoms with Gasteiger partial charge in [-0.2, -0.15) is 0 Å². The second kappa shape index (κ2) is 8.61. The van der Waals surface area contributed by atoms with E-state index in [1.807, 2.05) is 57.2 Å². The average Bonchev–Trinajstić information content (AvgIpc) is 2.59. The quantitative estimate of drug-likeness (QED) is 0.411. The van der Waals surface area contributed by atoms with Crippen LogP contribution in [-0.2, 0) is 11.2 Å². The number of carbonyl (C=O) groups excluding carboxylic acids is 1. The number of hydrogen-bond acceptors (Lipinski definition) is 3. The van der Waals surface area contributed by atoms with E-state index in [4.69, 9.17) is 4.98 Å². The smallest absolute Gasteiger partial charge is 0.159 e. The Bertz CT molecular complexity index is 727. The van der Waals surface area contributed by atoms with Gasteiger partial charge in [0.1, 0.15) is 5.76 Å². The minimum absolute atomic E-state index is 0.0154. The van der Waals surface area contributed by atoms with Gasteiger partial charge in [0.2, 0.25) is 0 Å². The molecule has 0 fully saturated rings. The summed E-state index contributed by atoms with van der Waals surface area (Å²) in [6.45, 7) is 5.66. The molecule has 3 heteroatoms. The van der Waals surface area contributed by atoms with Gasteiger partial charge in [-0.25, -0.2) is 0 Å². The summed E-state index contributed by atoms with van der Waals surface area (Å²) >= 11 is 0. The standard InChI is InChI=1S/C22H27NO2/c1-22(2,3)21(25)16-19(24)14-8-7-12-18-13-9-15-20(23-18)17-10-5-4-6-11-17/h4-6,9-11,13,15-16,25H,7-8,12,14H2,1-3H3. The molecule has 2 aromatic rings. The first kappa shape index (κ1) is 18.9. The van der Waals surface area contributed by atoms with E-state index in [9.17, 15) is 9.90 Å². The molecular formula is C22H27NO2. The number of carbonyl (C=O) groups is 1. The van der Waals surface area contributed by atoms with E-state index in [-0.39, 0.29) is 17.0 Å². The second-order valence-electron chi connectivity index (χ2n) is 7.33. The summed E-state index contributed by atoms with van der Waals surface area (Å²) in [5.74, 6) is 0.133. The Labute approximate surface area is 150 Å². The molecule has 0 unspecified atom stereocenters. The molecule has 0 radical (unpaired) electrons. The predicted molar refractivity (Wildman–Crippen MR) is 102 cm³/mol. The van der Waals surface area contributed by atoms with Crippen LogP contribution in [0.5, 0.6) is 0 Å². The topological polar surface area (TPSA) is 50.2 Å². The molecule has 0 amide bonds. The highest BCUT2D eigenvalue weighted by Crippen LogP contribution is 2.22. The van der Waals surface area contributed by atoms with Gasteiger partial charge < -0.3 is 5.11 Å². The second-order valence-corrected chi connectivity index (χ2v) is 7.33. The first-order valence-electron chi connectivity index (χ1n) is 8.81. The molecule has 0 saturated carbocycles. The summed E-state index contributed by atoms with van der Waals surface area (Å²) in [5.41, 5.74) is 2.76. The number of unbranched alkanes of at least 4 members (excludes halogenated alkanes) is 1. The molecule has 0 atom stereocenters. The molecule has 0 aliphatic rings. The predicted octanol–water partition coefficient (Wildman–Crippen LogP) is 5.52. The maximum Gasteiger partial charge on any atom is 0.159 e. The van der Waals surface area contributed by atoms with E-state index in [0.29, 0.717) is 6.42 Å². The Morgan fingerprint density at radius 3 is 2.44 bits per heavy atom. The number of allylic oxidation sites excluding steroid dienone is 2. The van der Waals surface area contributed by atoms with Crippen LogP contribution in [0.4, 0.5) is 0 Å². The van der Waals surface area contributed by atoms with Crippen molar-refractivity contribution in [1.82, 2.24) is 4.98 Å². The molecule has 3 nitrogen and oxygen atoms in total. The number of aliphatic hydroxyl groups excluding tert-OH is 1.